The van der Waals surface area contributed by atoms with Crippen LogP contribution in [0, 0.1) is 5.41 Å². The normalized spacial score (nSPS) is 25.2. The molecule has 0 radical (unpaired) electrons. The van der Waals surface area contributed by atoms with Gasteiger partial charge < -0.3 is 15.4 Å². The molecule has 2 aliphatic heterocycles. The monoisotopic (exact) mass is 382 g/mol. The molecule has 3 N–H and O–H groups in total. The minimum atomic E-state index is -3.79. The van der Waals surface area contributed by atoms with Gasteiger partial charge in [0.15, 0.2) is 5.84 Å². The average molecular weight is 382 g/mol. The van der Waals surface area contributed by atoms with Crippen LogP contribution in [0.25, 0.3) is 0 Å². The number of carbonyl (C=O) groups is 1. The van der Waals surface area contributed by atoms with E-state index in [1.165, 1.54) is 0 Å². The molecule has 1 aliphatic carbocycles. The molecule has 0 aromatic carbocycles. The summed E-state index contributed by atoms with van der Waals surface area (Å²) in [5, 5.41) is 0. The van der Waals surface area contributed by atoms with Crippen molar-refractivity contribution >= 4 is 22.0 Å². The molecule has 1 amide bonds. The Kier molecular flexibility index (Phi) is 4.76. The van der Waals surface area contributed by atoms with E-state index in [1.807, 2.05) is 25.7 Å². The van der Waals surface area contributed by atoms with E-state index in [9.17, 15) is 13.2 Å². The smallest absolute Gasteiger partial charge is 0.344 e. The van der Waals surface area contributed by atoms with Gasteiger partial charge in [-0.1, -0.05) is 26.8 Å². The van der Waals surface area contributed by atoms with E-state index in [1.54, 1.807) is 6.08 Å². The molecular weight excluding hydrogens is 356 g/mol. The highest BCUT2D eigenvalue weighted by molar-refractivity contribution is 7.88. The summed E-state index contributed by atoms with van der Waals surface area (Å²) >= 11 is 0. The van der Waals surface area contributed by atoms with Crippen molar-refractivity contribution < 1.29 is 17.9 Å². The molecule has 8 nitrogen and oxygen atoms in total. The number of rotatable bonds is 3. The maximum atomic E-state index is 12.6. The van der Waals surface area contributed by atoms with Crippen LogP contribution in [0.15, 0.2) is 27.5 Å². The number of hydrogen-bond acceptors (Lipinski definition) is 5. The number of hydrogen-bond donors (Lipinski definition) is 2. The van der Waals surface area contributed by atoms with Crippen LogP contribution >= 0.6 is 0 Å². The largest absolute Gasteiger partial charge is 0.495 e. The minimum absolute atomic E-state index is 0.0163. The van der Waals surface area contributed by atoms with Gasteiger partial charge in [-0.2, -0.15) is 8.42 Å². The van der Waals surface area contributed by atoms with Crippen molar-refractivity contribution in [3.05, 3.63) is 23.1 Å². The lowest BCUT2D eigenvalue weighted by atomic mass is 9.94. The van der Waals surface area contributed by atoms with Gasteiger partial charge in [0.05, 0.1) is 17.3 Å². The number of nitrogens with one attached hydrogen (secondary N) is 1. The maximum absolute atomic E-state index is 12.6. The van der Waals surface area contributed by atoms with E-state index in [0.29, 0.717) is 36.5 Å². The Morgan fingerprint density at radius 3 is 2.88 bits per heavy atom. The van der Waals surface area contributed by atoms with Gasteiger partial charge >= 0.3 is 10.2 Å². The lowest BCUT2D eigenvalue weighted by Gasteiger charge is -2.32. The SMILES string of the molecule is CC(C)(C)C(=O)N1CCC[C@@H]1COC1=C2C(=CCC1)NS(=O)(=O)N=C2N. The number of fused-ring (bicyclic) bond motifs is 1. The van der Waals surface area contributed by atoms with Crippen molar-refractivity contribution in [2.45, 2.75) is 52.5 Å². The predicted molar refractivity (Wildman–Crippen MR) is 98.2 cm³/mol. The number of allylic oxidation sites excluding steroid dienone is 2. The zero-order chi connectivity index (χ0) is 19.1. The Morgan fingerprint density at radius 2 is 2.19 bits per heavy atom. The highest BCUT2D eigenvalue weighted by atomic mass is 32.2. The zero-order valence-electron chi connectivity index (χ0n) is 15.4. The number of amidine groups is 1. The Labute approximate surface area is 154 Å². The van der Waals surface area contributed by atoms with Crippen LogP contribution < -0.4 is 10.5 Å². The Balaban J connectivity index is 1.77. The van der Waals surface area contributed by atoms with Gasteiger partial charge in [-0.25, -0.2) is 0 Å². The molecule has 0 saturated carbocycles. The van der Waals surface area contributed by atoms with E-state index < -0.39 is 15.6 Å². The van der Waals surface area contributed by atoms with Crippen molar-refractivity contribution in [1.82, 2.24) is 9.62 Å². The van der Waals surface area contributed by atoms with Crippen molar-refractivity contribution in [3.8, 4) is 0 Å². The highest BCUT2D eigenvalue weighted by Gasteiger charge is 2.36. The first kappa shape index (κ1) is 18.8. The molecule has 0 spiro atoms. The Bertz CT molecular complexity index is 805. The van der Waals surface area contributed by atoms with Gasteiger partial charge in [0.25, 0.3) is 0 Å². The third kappa shape index (κ3) is 3.72. The fourth-order valence-electron chi connectivity index (χ4n) is 3.48. The molecule has 0 bridgehead atoms. The summed E-state index contributed by atoms with van der Waals surface area (Å²) in [6.07, 6.45) is 4.90. The number of ether oxygens (including phenoxy) is 1. The number of nitrogens with zero attached hydrogens (tertiary/aromatic N) is 2. The average Bonchev–Trinajstić information content (AvgIpc) is 2.97. The summed E-state index contributed by atoms with van der Waals surface area (Å²) in [5.41, 5.74) is 6.37. The first-order chi connectivity index (χ1) is 12.1. The Hall–Kier alpha value is -2.03. The van der Waals surface area contributed by atoms with Crippen molar-refractivity contribution in [2.24, 2.45) is 15.5 Å². The van der Waals surface area contributed by atoms with E-state index in [0.717, 1.165) is 19.4 Å². The van der Waals surface area contributed by atoms with Gasteiger partial charge in [0.1, 0.15) is 12.4 Å². The Morgan fingerprint density at radius 1 is 1.46 bits per heavy atom. The molecule has 1 fully saturated rings. The first-order valence-corrected chi connectivity index (χ1v) is 10.3. The molecule has 3 aliphatic rings. The van der Waals surface area contributed by atoms with Crippen LogP contribution in [0.2, 0.25) is 0 Å². The molecule has 3 rings (SSSR count). The van der Waals surface area contributed by atoms with Crippen LogP contribution in [0.4, 0.5) is 0 Å². The van der Waals surface area contributed by atoms with Crippen LogP contribution in [0.5, 0.6) is 0 Å². The lowest BCUT2D eigenvalue weighted by Crippen LogP contribution is -2.44. The van der Waals surface area contributed by atoms with Crippen molar-refractivity contribution in [1.29, 1.82) is 0 Å². The van der Waals surface area contributed by atoms with E-state index >= 15 is 0 Å². The van der Waals surface area contributed by atoms with Gasteiger partial charge in [-0.3, -0.25) is 9.52 Å². The molecule has 0 aromatic heterocycles. The van der Waals surface area contributed by atoms with E-state index in [2.05, 4.69) is 9.12 Å². The quantitative estimate of drug-likeness (QED) is 0.761. The number of carbonyl (C=O) groups excluding carboxylic acids is 1. The van der Waals surface area contributed by atoms with Gasteiger partial charge in [-0.15, -0.1) is 4.40 Å². The molecule has 0 unspecified atom stereocenters. The molecule has 1 saturated heterocycles. The summed E-state index contributed by atoms with van der Waals surface area (Å²) in [4.78, 5) is 14.5. The number of likely N-dealkylation sites (tertiary alicyclic amines) is 1. The second kappa shape index (κ2) is 6.61. The van der Waals surface area contributed by atoms with Crippen LogP contribution in [-0.4, -0.2) is 44.3 Å². The van der Waals surface area contributed by atoms with Crippen LogP contribution in [0.3, 0.4) is 0 Å². The maximum Gasteiger partial charge on any atom is 0.344 e. The third-order valence-corrected chi connectivity index (χ3v) is 5.63. The fraction of sp³-hybridized carbons (Fsp3) is 0.647. The number of nitrogens with two attached hydrogens (primary N) is 1. The standard InChI is InChI=1S/C17H26N4O4S/c1-17(2,3)16(22)21-9-5-6-11(21)10-25-13-8-4-7-12-14(13)15(18)20-26(23,24)19-12/h7,11,19H,4-6,8-10H2,1-3H3,(H2,18,20)/t11-/m1/s1. The number of amides is 1. The molecule has 144 valence electrons. The topological polar surface area (TPSA) is 114 Å². The summed E-state index contributed by atoms with van der Waals surface area (Å²) in [6.45, 7) is 6.86. The van der Waals surface area contributed by atoms with Crippen LogP contribution in [-0.2, 0) is 19.7 Å². The molecule has 26 heavy (non-hydrogen) atoms. The molecule has 9 heteroatoms. The fourth-order valence-corrected chi connectivity index (χ4v) is 4.34. The lowest BCUT2D eigenvalue weighted by molar-refractivity contribution is -0.141. The summed E-state index contributed by atoms with van der Waals surface area (Å²) in [6, 6.07) is 0.0163. The molecule has 1 atom stereocenters. The zero-order valence-corrected chi connectivity index (χ0v) is 16.2. The van der Waals surface area contributed by atoms with Gasteiger partial charge in [0.2, 0.25) is 5.91 Å². The molecule has 2 heterocycles. The van der Waals surface area contributed by atoms with E-state index in [4.69, 9.17) is 10.5 Å². The van der Waals surface area contributed by atoms with Crippen molar-refractivity contribution in [2.75, 3.05) is 13.2 Å². The van der Waals surface area contributed by atoms with Crippen LogP contribution in [0.1, 0.15) is 46.5 Å². The minimum Gasteiger partial charge on any atom is -0.495 e. The second-order valence-electron chi connectivity index (χ2n) is 7.86. The summed E-state index contributed by atoms with van der Waals surface area (Å²) in [5.74, 6) is 0.692. The van der Waals surface area contributed by atoms with Gasteiger partial charge in [0, 0.05) is 18.4 Å². The van der Waals surface area contributed by atoms with E-state index in [-0.39, 0.29) is 17.8 Å². The van der Waals surface area contributed by atoms with Gasteiger partial charge in [-0.05, 0) is 19.3 Å². The third-order valence-electron chi connectivity index (χ3n) is 4.71. The summed E-state index contributed by atoms with van der Waals surface area (Å²) < 4.78 is 35.3. The van der Waals surface area contributed by atoms with Crippen molar-refractivity contribution in [3.63, 3.8) is 0 Å². The predicted octanol–water partition coefficient (Wildman–Crippen LogP) is 1.18. The second-order valence-corrected chi connectivity index (χ2v) is 9.20. The molecule has 0 aromatic rings. The highest BCUT2D eigenvalue weighted by Crippen LogP contribution is 2.30. The molecular formula is C17H26N4O4S. The first-order valence-electron chi connectivity index (χ1n) is 8.84. The summed E-state index contributed by atoms with van der Waals surface area (Å²) in [7, 11) is -3.79.